The first-order chi connectivity index (χ1) is 11.5. The predicted molar refractivity (Wildman–Crippen MR) is 88.6 cm³/mol. The first kappa shape index (κ1) is 15.7. The summed E-state index contributed by atoms with van der Waals surface area (Å²) in [6.07, 6.45) is 0. The van der Waals surface area contributed by atoms with Crippen molar-refractivity contribution in [2.75, 3.05) is 5.32 Å². The summed E-state index contributed by atoms with van der Waals surface area (Å²) in [7, 11) is 0. The van der Waals surface area contributed by atoms with E-state index in [0.717, 1.165) is 0 Å². The highest BCUT2D eigenvalue weighted by Gasteiger charge is 2.31. The van der Waals surface area contributed by atoms with E-state index in [9.17, 15) is 14.0 Å². The van der Waals surface area contributed by atoms with Crippen LogP contribution in [0.1, 0.15) is 18.5 Å². The number of carbonyl (C=O) groups is 2. The van der Waals surface area contributed by atoms with E-state index < -0.39 is 12.1 Å². The summed E-state index contributed by atoms with van der Waals surface area (Å²) in [4.78, 5) is 24.5. The molecule has 2 aromatic carbocycles. The SMILES string of the molecule is CC1=C(C(=O)Nc2ccccc2)[C@H](c2ccc(F)cc2)NC(=O)N1. The Morgan fingerprint density at radius 1 is 1.08 bits per heavy atom. The van der Waals surface area contributed by atoms with Crippen LogP contribution in [0.2, 0.25) is 0 Å². The Labute approximate surface area is 138 Å². The van der Waals surface area contributed by atoms with Gasteiger partial charge in [0.1, 0.15) is 5.82 Å². The maximum Gasteiger partial charge on any atom is 0.319 e. The molecule has 0 radical (unpaired) electrons. The molecule has 0 unspecified atom stereocenters. The Balaban J connectivity index is 1.94. The molecule has 0 aromatic heterocycles. The van der Waals surface area contributed by atoms with Crippen molar-refractivity contribution in [3.05, 3.63) is 77.2 Å². The molecule has 0 saturated carbocycles. The van der Waals surface area contributed by atoms with Crippen LogP contribution in [-0.2, 0) is 4.79 Å². The predicted octanol–water partition coefficient (Wildman–Crippen LogP) is 3.09. The van der Waals surface area contributed by atoms with Crippen LogP contribution >= 0.6 is 0 Å². The number of halogens is 1. The van der Waals surface area contributed by atoms with Crippen molar-refractivity contribution in [3.8, 4) is 0 Å². The molecule has 0 aliphatic carbocycles. The minimum atomic E-state index is -0.650. The molecule has 0 saturated heterocycles. The number of carbonyl (C=O) groups excluding carboxylic acids is 2. The summed E-state index contributed by atoms with van der Waals surface area (Å²) in [5.41, 5.74) is 2.12. The van der Waals surface area contributed by atoms with Crippen LogP contribution in [0.3, 0.4) is 0 Å². The van der Waals surface area contributed by atoms with Crippen molar-refractivity contribution in [2.24, 2.45) is 0 Å². The molecule has 3 amide bonds. The molecule has 3 rings (SSSR count). The summed E-state index contributed by atoms with van der Waals surface area (Å²) in [6.45, 7) is 1.66. The molecule has 24 heavy (non-hydrogen) atoms. The Morgan fingerprint density at radius 3 is 2.42 bits per heavy atom. The van der Waals surface area contributed by atoms with E-state index >= 15 is 0 Å². The normalized spacial score (nSPS) is 17.1. The smallest absolute Gasteiger partial charge is 0.319 e. The topological polar surface area (TPSA) is 70.2 Å². The Hall–Kier alpha value is -3.15. The van der Waals surface area contributed by atoms with Crippen LogP contribution in [0.25, 0.3) is 0 Å². The molecule has 1 atom stereocenters. The third-order valence-electron chi connectivity index (χ3n) is 3.75. The molecule has 3 N–H and O–H groups in total. The number of anilines is 1. The van der Waals surface area contributed by atoms with Crippen LogP contribution in [0.4, 0.5) is 14.9 Å². The molecule has 0 spiro atoms. The number of nitrogens with one attached hydrogen (secondary N) is 3. The second kappa shape index (κ2) is 6.54. The Kier molecular flexibility index (Phi) is 4.29. The van der Waals surface area contributed by atoms with E-state index in [1.807, 2.05) is 18.2 Å². The quantitative estimate of drug-likeness (QED) is 0.811. The lowest BCUT2D eigenvalue weighted by Gasteiger charge is -2.28. The third-order valence-corrected chi connectivity index (χ3v) is 3.75. The molecule has 6 heteroatoms. The van der Waals surface area contributed by atoms with E-state index in [4.69, 9.17) is 0 Å². The second-order valence-corrected chi connectivity index (χ2v) is 5.44. The number of para-hydroxylation sites is 1. The highest BCUT2D eigenvalue weighted by atomic mass is 19.1. The molecule has 1 heterocycles. The van der Waals surface area contributed by atoms with Crippen LogP contribution < -0.4 is 16.0 Å². The molecule has 0 bridgehead atoms. The van der Waals surface area contributed by atoms with Gasteiger partial charge in [0.2, 0.25) is 0 Å². The first-order valence-electron chi connectivity index (χ1n) is 7.45. The maximum atomic E-state index is 13.2. The summed E-state index contributed by atoms with van der Waals surface area (Å²) in [5, 5.41) is 8.12. The van der Waals surface area contributed by atoms with Gasteiger partial charge in [0.25, 0.3) is 5.91 Å². The van der Waals surface area contributed by atoms with Gasteiger partial charge in [0.05, 0.1) is 11.6 Å². The van der Waals surface area contributed by atoms with Crippen molar-refractivity contribution >= 4 is 17.6 Å². The van der Waals surface area contributed by atoms with Gasteiger partial charge in [-0.3, -0.25) is 4.79 Å². The lowest BCUT2D eigenvalue weighted by atomic mass is 9.95. The molecule has 2 aromatic rings. The second-order valence-electron chi connectivity index (χ2n) is 5.44. The number of benzene rings is 2. The number of rotatable bonds is 3. The summed E-state index contributed by atoms with van der Waals surface area (Å²) < 4.78 is 13.2. The summed E-state index contributed by atoms with van der Waals surface area (Å²) >= 11 is 0. The zero-order valence-corrected chi connectivity index (χ0v) is 13.0. The van der Waals surface area contributed by atoms with Gasteiger partial charge < -0.3 is 16.0 Å². The molecule has 0 fully saturated rings. The lowest BCUT2D eigenvalue weighted by molar-refractivity contribution is -0.113. The van der Waals surface area contributed by atoms with Crippen molar-refractivity contribution in [1.29, 1.82) is 0 Å². The standard InChI is InChI=1S/C18H16FN3O2/c1-11-15(17(23)21-14-5-3-2-4-6-14)16(22-18(24)20-11)12-7-9-13(19)10-8-12/h2-10,16H,1H3,(H,21,23)(H2,20,22,24)/t16-/m0/s1. The van der Waals surface area contributed by atoms with E-state index in [1.165, 1.54) is 12.1 Å². The lowest BCUT2D eigenvalue weighted by Crippen LogP contribution is -2.45. The van der Waals surface area contributed by atoms with Crippen LogP contribution in [0.5, 0.6) is 0 Å². The zero-order valence-electron chi connectivity index (χ0n) is 13.0. The molecular formula is C18H16FN3O2. The fourth-order valence-electron chi connectivity index (χ4n) is 2.62. The van der Waals surface area contributed by atoms with Gasteiger partial charge in [-0.2, -0.15) is 0 Å². The van der Waals surface area contributed by atoms with Crippen molar-refractivity contribution in [2.45, 2.75) is 13.0 Å². The van der Waals surface area contributed by atoms with Gasteiger partial charge in [0, 0.05) is 11.4 Å². The monoisotopic (exact) mass is 325 g/mol. The fourth-order valence-corrected chi connectivity index (χ4v) is 2.62. The third kappa shape index (κ3) is 3.27. The number of urea groups is 1. The van der Waals surface area contributed by atoms with Crippen molar-refractivity contribution in [1.82, 2.24) is 10.6 Å². The maximum absolute atomic E-state index is 13.2. The molecule has 1 aliphatic heterocycles. The Bertz CT molecular complexity index is 801. The summed E-state index contributed by atoms with van der Waals surface area (Å²) in [6, 6.07) is 13.7. The van der Waals surface area contributed by atoms with Gasteiger partial charge >= 0.3 is 6.03 Å². The fraction of sp³-hybridized carbons (Fsp3) is 0.111. The van der Waals surface area contributed by atoms with Crippen LogP contribution in [0, 0.1) is 5.82 Å². The molecule has 1 aliphatic rings. The molecule has 122 valence electrons. The number of hydrogen-bond donors (Lipinski definition) is 3. The van der Waals surface area contributed by atoms with Crippen LogP contribution in [-0.4, -0.2) is 11.9 Å². The minimum absolute atomic E-state index is 0.333. The van der Waals surface area contributed by atoms with Gasteiger partial charge in [-0.25, -0.2) is 9.18 Å². The summed E-state index contributed by atoms with van der Waals surface area (Å²) in [5.74, 6) is -0.712. The van der Waals surface area contributed by atoms with Crippen molar-refractivity contribution in [3.63, 3.8) is 0 Å². The van der Waals surface area contributed by atoms with Crippen LogP contribution in [0.15, 0.2) is 65.9 Å². The van der Waals surface area contributed by atoms with E-state index in [1.54, 1.807) is 31.2 Å². The van der Waals surface area contributed by atoms with E-state index in [-0.39, 0.29) is 11.7 Å². The Morgan fingerprint density at radius 2 is 1.75 bits per heavy atom. The van der Waals surface area contributed by atoms with E-state index in [2.05, 4.69) is 16.0 Å². The minimum Gasteiger partial charge on any atom is -0.327 e. The van der Waals surface area contributed by atoms with E-state index in [0.29, 0.717) is 22.5 Å². The highest BCUT2D eigenvalue weighted by molar-refractivity contribution is 6.06. The van der Waals surface area contributed by atoms with Gasteiger partial charge in [-0.15, -0.1) is 0 Å². The van der Waals surface area contributed by atoms with Crippen molar-refractivity contribution < 1.29 is 14.0 Å². The molecule has 5 nitrogen and oxygen atoms in total. The van der Waals surface area contributed by atoms with Gasteiger partial charge in [-0.05, 0) is 36.8 Å². The largest absolute Gasteiger partial charge is 0.327 e. The first-order valence-corrected chi connectivity index (χ1v) is 7.45. The number of allylic oxidation sites excluding steroid dienone is 1. The highest BCUT2D eigenvalue weighted by Crippen LogP contribution is 2.27. The number of hydrogen-bond acceptors (Lipinski definition) is 2. The average molecular weight is 325 g/mol. The number of amides is 3. The van der Waals surface area contributed by atoms with Gasteiger partial charge in [-0.1, -0.05) is 30.3 Å². The van der Waals surface area contributed by atoms with Gasteiger partial charge in [0.15, 0.2) is 0 Å². The average Bonchev–Trinajstić information content (AvgIpc) is 2.55. The zero-order chi connectivity index (χ0) is 17.1. The molecular weight excluding hydrogens is 309 g/mol.